The number of carboxylic acids is 1. The molecule has 0 radical (unpaired) electrons. The minimum atomic E-state index is -1.03. The first kappa shape index (κ1) is 14.9. The average Bonchev–Trinajstić information content (AvgIpc) is 2.38. The van der Waals surface area contributed by atoms with E-state index in [1.807, 2.05) is 0 Å². The van der Waals surface area contributed by atoms with E-state index >= 15 is 0 Å². The molecule has 1 amide bonds. The van der Waals surface area contributed by atoms with Crippen molar-refractivity contribution in [3.05, 3.63) is 41.7 Å². The second-order valence-corrected chi connectivity index (χ2v) is 4.10. The van der Waals surface area contributed by atoms with Crippen LogP contribution in [0.3, 0.4) is 0 Å². The highest BCUT2D eigenvalue weighted by molar-refractivity contribution is 5.94. The van der Waals surface area contributed by atoms with Gasteiger partial charge in [-0.1, -0.05) is 19.1 Å². The zero-order valence-corrected chi connectivity index (χ0v) is 10.8. The lowest BCUT2D eigenvalue weighted by Crippen LogP contribution is -2.41. The second kappa shape index (κ2) is 6.68. The number of carbonyl (C=O) groups excluding carboxylic acids is 1. The van der Waals surface area contributed by atoms with Crippen molar-refractivity contribution in [3.8, 4) is 0 Å². The van der Waals surface area contributed by atoms with Crippen LogP contribution in [0.25, 0.3) is 6.08 Å². The number of hydrogen-bond acceptors (Lipinski definition) is 2. The van der Waals surface area contributed by atoms with Gasteiger partial charge in [0.2, 0.25) is 5.91 Å². The average molecular weight is 265 g/mol. The number of benzene rings is 1. The lowest BCUT2D eigenvalue weighted by Gasteiger charge is -2.22. The Bertz CT molecular complexity index is 482. The third kappa shape index (κ3) is 4.21. The summed E-state index contributed by atoms with van der Waals surface area (Å²) in [5.41, 5.74) is 0.673. The molecule has 1 aromatic carbocycles. The Morgan fingerprint density at radius 2 is 1.95 bits per heavy atom. The van der Waals surface area contributed by atoms with E-state index in [-0.39, 0.29) is 5.82 Å². The topological polar surface area (TPSA) is 57.6 Å². The van der Waals surface area contributed by atoms with Crippen molar-refractivity contribution in [2.75, 3.05) is 7.05 Å². The van der Waals surface area contributed by atoms with Crippen molar-refractivity contribution in [2.24, 2.45) is 0 Å². The molecule has 0 aliphatic rings. The lowest BCUT2D eigenvalue weighted by molar-refractivity contribution is -0.147. The van der Waals surface area contributed by atoms with Gasteiger partial charge >= 0.3 is 5.97 Å². The van der Waals surface area contributed by atoms with Crippen LogP contribution < -0.4 is 0 Å². The Morgan fingerprint density at radius 3 is 2.42 bits per heavy atom. The van der Waals surface area contributed by atoms with Crippen molar-refractivity contribution in [2.45, 2.75) is 19.4 Å². The SMILES string of the molecule is CCC(C(=O)O)N(C)C(=O)C=Cc1ccc(F)cc1. The molecule has 5 heteroatoms. The van der Waals surface area contributed by atoms with Gasteiger partial charge in [-0.3, -0.25) is 4.79 Å². The Kier molecular flexibility index (Phi) is 5.23. The number of nitrogens with zero attached hydrogens (tertiary/aromatic N) is 1. The summed E-state index contributed by atoms with van der Waals surface area (Å²) in [4.78, 5) is 23.9. The molecule has 4 nitrogen and oxygen atoms in total. The summed E-state index contributed by atoms with van der Waals surface area (Å²) in [5.74, 6) is -1.79. The van der Waals surface area contributed by atoms with Gasteiger partial charge in [-0.25, -0.2) is 9.18 Å². The smallest absolute Gasteiger partial charge is 0.326 e. The van der Waals surface area contributed by atoms with E-state index in [0.29, 0.717) is 12.0 Å². The highest BCUT2D eigenvalue weighted by Gasteiger charge is 2.22. The third-order valence-electron chi connectivity index (χ3n) is 2.78. The Labute approximate surface area is 111 Å². The fourth-order valence-electron chi connectivity index (χ4n) is 1.63. The first-order valence-corrected chi connectivity index (χ1v) is 5.89. The molecule has 1 unspecified atom stereocenters. The van der Waals surface area contributed by atoms with E-state index < -0.39 is 17.9 Å². The summed E-state index contributed by atoms with van der Waals surface area (Å²) in [7, 11) is 1.44. The predicted molar refractivity (Wildman–Crippen MR) is 69.9 cm³/mol. The van der Waals surface area contributed by atoms with Crippen LogP contribution in [0.1, 0.15) is 18.9 Å². The summed E-state index contributed by atoms with van der Waals surface area (Å²) in [6.07, 6.45) is 3.13. The highest BCUT2D eigenvalue weighted by atomic mass is 19.1. The van der Waals surface area contributed by atoms with E-state index in [2.05, 4.69) is 0 Å². The molecule has 0 aliphatic carbocycles. The van der Waals surface area contributed by atoms with E-state index in [1.54, 1.807) is 6.92 Å². The largest absolute Gasteiger partial charge is 0.480 e. The first-order chi connectivity index (χ1) is 8.95. The molecule has 0 bridgehead atoms. The second-order valence-electron chi connectivity index (χ2n) is 4.10. The molecule has 0 heterocycles. The molecule has 19 heavy (non-hydrogen) atoms. The number of halogens is 1. The fourth-order valence-corrected chi connectivity index (χ4v) is 1.63. The predicted octanol–water partition coefficient (Wildman–Crippen LogP) is 2.16. The van der Waals surface area contributed by atoms with Gasteiger partial charge in [0.25, 0.3) is 0 Å². The zero-order valence-electron chi connectivity index (χ0n) is 10.8. The Hall–Kier alpha value is -2.17. The van der Waals surface area contributed by atoms with Crippen molar-refractivity contribution in [1.82, 2.24) is 4.90 Å². The third-order valence-corrected chi connectivity index (χ3v) is 2.78. The summed E-state index contributed by atoms with van der Waals surface area (Å²) < 4.78 is 12.7. The molecular formula is C14H16FNO3. The quantitative estimate of drug-likeness (QED) is 0.830. The Balaban J connectivity index is 2.73. The maximum Gasteiger partial charge on any atom is 0.326 e. The van der Waals surface area contributed by atoms with E-state index in [0.717, 1.165) is 0 Å². The summed E-state index contributed by atoms with van der Waals surface area (Å²) in [6, 6.07) is 4.81. The summed E-state index contributed by atoms with van der Waals surface area (Å²) in [5, 5.41) is 8.95. The monoisotopic (exact) mass is 265 g/mol. The zero-order chi connectivity index (χ0) is 14.4. The van der Waals surface area contributed by atoms with Crippen LogP contribution >= 0.6 is 0 Å². The number of rotatable bonds is 5. The number of amides is 1. The van der Waals surface area contributed by atoms with Gasteiger partial charge in [-0.15, -0.1) is 0 Å². The van der Waals surface area contributed by atoms with Crippen LogP contribution in [-0.4, -0.2) is 35.0 Å². The maximum absolute atomic E-state index is 12.7. The van der Waals surface area contributed by atoms with Crippen LogP contribution in [0.5, 0.6) is 0 Å². The molecule has 0 saturated heterocycles. The molecule has 102 valence electrons. The van der Waals surface area contributed by atoms with Gasteiger partial charge < -0.3 is 10.0 Å². The van der Waals surface area contributed by atoms with Crippen LogP contribution in [-0.2, 0) is 9.59 Å². The molecular weight excluding hydrogens is 249 g/mol. The fraction of sp³-hybridized carbons (Fsp3) is 0.286. The van der Waals surface area contributed by atoms with Gasteiger partial charge in [0.15, 0.2) is 0 Å². The molecule has 1 rings (SSSR count). The number of carboxylic acid groups (broad SMARTS) is 1. The number of carbonyl (C=O) groups is 2. The van der Waals surface area contributed by atoms with Crippen molar-refractivity contribution < 1.29 is 19.1 Å². The summed E-state index contributed by atoms with van der Waals surface area (Å²) in [6.45, 7) is 1.70. The normalized spacial score (nSPS) is 12.4. The standard InChI is InChI=1S/C14H16FNO3/c1-3-12(14(18)19)16(2)13(17)9-6-10-4-7-11(15)8-5-10/h4-9,12H,3H2,1-2H3,(H,18,19). The van der Waals surface area contributed by atoms with Gasteiger partial charge in [0.1, 0.15) is 11.9 Å². The summed E-state index contributed by atoms with van der Waals surface area (Å²) >= 11 is 0. The first-order valence-electron chi connectivity index (χ1n) is 5.89. The minimum Gasteiger partial charge on any atom is -0.480 e. The van der Waals surface area contributed by atoms with Crippen LogP contribution in [0.4, 0.5) is 4.39 Å². The maximum atomic E-state index is 12.7. The molecule has 0 saturated carbocycles. The molecule has 0 fully saturated rings. The van der Waals surface area contributed by atoms with Crippen molar-refractivity contribution in [3.63, 3.8) is 0 Å². The van der Waals surface area contributed by atoms with Gasteiger partial charge in [0, 0.05) is 13.1 Å². The van der Waals surface area contributed by atoms with Crippen molar-refractivity contribution >= 4 is 18.0 Å². The number of hydrogen-bond donors (Lipinski definition) is 1. The van der Waals surface area contributed by atoms with Gasteiger partial charge in [-0.2, -0.15) is 0 Å². The molecule has 1 aromatic rings. The molecule has 0 aliphatic heterocycles. The molecule has 0 spiro atoms. The van der Waals surface area contributed by atoms with E-state index in [9.17, 15) is 14.0 Å². The molecule has 1 N–H and O–H groups in total. The Morgan fingerprint density at radius 1 is 1.37 bits per heavy atom. The lowest BCUT2D eigenvalue weighted by atomic mass is 10.2. The molecule has 0 aromatic heterocycles. The van der Waals surface area contributed by atoms with Crippen LogP contribution in [0, 0.1) is 5.82 Å². The number of likely N-dealkylation sites (N-methyl/N-ethyl adjacent to an activating group) is 1. The van der Waals surface area contributed by atoms with Gasteiger partial charge in [0.05, 0.1) is 0 Å². The highest BCUT2D eigenvalue weighted by Crippen LogP contribution is 2.07. The van der Waals surface area contributed by atoms with Crippen molar-refractivity contribution in [1.29, 1.82) is 0 Å². The van der Waals surface area contributed by atoms with E-state index in [4.69, 9.17) is 5.11 Å². The van der Waals surface area contributed by atoms with Crippen LogP contribution in [0.2, 0.25) is 0 Å². The van der Waals surface area contributed by atoms with Gasteiger partial charge in [-0.05, 0) is 30.2 Å². The van der Waals surface area contributed by atoms with Crippen LogP contribution in [0.15, 0.2) is 30.3 Å². The van der Waals surface area contributed by atoms with E-state index in [1.165, 1.54) is 48.4 Å². The number of aliphatic carboxylic acids is 1. The minimum absolute atomic E-state index is 0.335. The molecule has 1 atom stereocenters.